The van der Waals surface area contributed by atoms with E-state index in [1.807, 2.05) is 30.3 Å². The molecule has 0 amide bonds. The molecule has 2 aromatic carbocycles. The fourth-order valence-electron chi connectivity index (χ4n) is 2.10. The first-order chi connectivity index (χ1) is 10.1. The number of halogens is 1. The van der Waals surface area contributed by atoms with Crippen molar-refractivity contribution in [3.63, 3.8) is 0 Å². The summed E-state index contributed by atoms with van der Waals surface area (Å²) < 4.78 is 0. The minimum atomic E-state index is -1.06. The van der Waals surface area contributed by atoms with Crippen LogP contribution in [0.5, 0.6) is 0 Å². The molecule has 0 saturated heterocycles. The Bertz CT molecular complexity index is 616. The fraction of sp³-hybridized carbons (Fsp3) is 0.188. The lowest BCUT2D eigenvalue weighted by Crippen LogP contribution is -2.27. The van der Waals surface area contributed by atoms with E-state index in [0.29, 0.717) is 17.1 Å². The Morgan fingerprint density at radius 1 is 1.19 bits per heavy atom. The molecule has 1 atom stereocenters. The zero-order valence-corrected chi connectivity index (χ0v) is 12.0. The summed E-state index contributed by atoms with van der Waals surface area (Å²) in [5, 5.41) is 22.1. The molecule has 5 heteroatoms. The summed E-state index contributed by atoms with van der Waals surface area (Å²) in [6, 6.07) is 14.0. The van der Waals surface area contributed by atoms with Crippen LogP contribution in [0.25, 0.3) is 0 Å². The maximum atomic E-state index is 11.2. The van der Waals surface area contributed by atoms with Crippen molar-refractivity contribution in [3.05, 3.63) is 64.7 Å². The van der Waals surface area contributed by atoms with E-state index in [-0.39, 0.29) is 18.2 Å². The Labute approximate surface area is 128 Å². The van der Waals surface area contributed by atoms with E-state index in [9.17, 15) is 15.0 Å². The first-order valence-electron chi connectivity index (χ1n) is 6.54. The van der Waals surface area contributed by atoms with Crippen molar-refractivity contribution in [2.75, 3.05) is 11.9 Å². The molecule has 0 saturated carbocycles. The van der Waals surface area contributed by atoms with E-state index in [2.05, 4.69) is 5.32 Å². The van der Waals surface area contributed by atoms with Gasteiger partial charge in [-0.05, 0) is 30.2 Å². The third-order valence-electron chi connectivity index (χ3n) is 3.12. The lowest BCUT2D eigenvalue weighted by Gasteiger charge is -2.19. The van der Waals surface area contributed by atoms with E-state index in [4.69, 9.17) is 11.6 Å². The van der Waals surface area contributed by atoms with Gasteiger partial charge in [0.1, 0.15) is 0 Å². The molecule has 0 aliphatic carbocycles. The van der Waals surface area contributed by atoms with Crippen molar-refractivity contribution >= 4 is 23.3 Å². The number of carbonyl (C=O) groups is 1. The topological polar surface area (TPSA) is 69.6 Å². The Hall–Kier alpha value is -2.04. The molecule has 0 bridgehead atoms. The summed E-state index contributed by atoms with van der Waals surface area (Å²) in [5.41, 5.74) is 1.60. The zero-order chi connectivity index (χ0) is 15.2. The SMILES string of the molecule is O=C(O)c1cc(Cl)ccc1NC(CO)Cc1ccccc1. The fourth-order valence-corrected chi connectivity index (χ4v) is 2.27. The van der Waals surface area contributed by atoms with Crippen molar-refractivity contribution in [1.82, 2.24) is 0 Å². The highest BCUT2D eigenvalue weighted by molar-refractivity contribution is 6.31. The van der Waals surface area contributed by atoms with Gasteiger partial charge in [-0.1, -0.05) is 41.9 Å². The van der Waals surface area contributed by atoms with E-state index < -0.39 is 5.97 Å². The molecule has 0 heterocycles. The van der Waals surface area contributed by atoms with Crippen LogP contribution in [0.2, 0.25) is 5.02 Å². The highest BCUT2D eigenvalue weighted by Gasteiger charge is 2.15. The molecule has 3 N–H and O–H groups in total. The molecule has 110 valence electrons. The summed E-state index contributed by atoms with van der Waals surface area (Å²) in [4.78, 5) is 11.2. The van der Waals surface area contributed by atoms with Crippen molar-refractivity contribution in [2.45, 2.75) is 12.5 Å². The number of hydrogen-bond acceptors (Lipinski definition) is 3. The molecular formula is C16H16ClNO3. The molecule has 0 radical (unpaired) electrons. The number of carboxylic acid groups (broad SMARTS) is 1. The maximum absolute atomic E-state index is 11.2. The second-order valence-corrected chi connectivity index (χ2v) is 5.15. The summed E-state index contributed by atoms with van der Waals surface area (Å²) in [6.07, 6.45) is 0.596. The molecule has 0 aliphatic rings. The number of hydrogen-bond donors (Lipinski definition) is 3. The van der Waals surface area contributed by atoms with Gasteiger partial charge in [0.15, 0.2) is 0 Å². The number of benzene rings is 2. The van der Waals surface area contributed by atoms with Crippen LogP contribution in [-0.4, -0.2) is 28.8 Å². The van der Waals surface area contributed by atoms with E-state index in [1.165, 1.54) is 6.07 Å². The normalized spacial score (nSPS) is 11.9. The first-order valence-corrected chi connectivity index (χ1v) is 6.92. The third kappa shape index (κ3) is 4.21. The number of nitrogens with one attached hydrogen (secondary N) is 1. The lowest BCUT2D eigenvalue weighted by molar-refractivity contribution is 0.0698. The quantitative estimate of drug-likeness (QED) is 0.767. The molecule has 0 fully saturated rings. The lowest BCUT2D eigenvalue weighted by atomic mass is 10.1. The number of aliphatic hydroxyl groups excluding tert-OH is 1. The highest BCUT2D eigenvalue weighted by atomic mass is 35.5. The van der Waals surface area contributed by atoms with Gasteiger partial charge in [-0.15, -0.1) is 0 Å². The second kappa shape index (κ2) is 7.11. The number of carboxylic acids is 1. The van der Waals surface area contributed by atoms with Crippen molar-refractivity contribution in [1.29, 1.82) is 0 Å². The van der Waals surface area contributed by atoms with Gasteiger partial charge < -0.3 is 15.5 Å². The maximum Gasteiger partial charge on any atom is 0.337 e. The number of anilines is 1. The highest BCUT2D eigenvalue weighted by Crippen LogP contribution is 2.22. The molecule has 2 aromatic rings. The molecule has 21 heavy (non-hydrogen) atoms. The van der Waals surface area contributed by atoms with Crippen molar-refractivity contribution in [2.24, 2.45) is 0 Å². The van der Waals surface area contributed by atoms with Gasteiger partial charge in [-0.3, -0.25) is 0 Å². The molecule has 4 nitrogen and oxygen atoms in total. The van der Waals surface area contributed by atoms with Gasteiger partial charge in [0.2, 0.25) is 0 Å². The van der Waals surface area contributed by atoms with Crippen LogP contribution < -0.4 is 5.32 Å². The predicted octanol–water partition coefficient (Wildman–Crippen LogP) is 3.05. The van der Waals surface area contributed by atoms with Crippen LogP contribution in [-0.2, 0) is 6.42 Å². The van der Waals surface area contributed by atoms with Gasteiger partial charge in [-0.25, -0.2) is 4.79 Å². The third-order valence-corrected chi connectivity index (χ3v) is 3.35. The summed E-state index contributed by atoms with van der Waals surface area (Å²) in [6.45, 7) is -0.101. The average molecular weight is 306 g/mol. The Balaban J connectivity index is 2.17. The summed E-state index contributed by atoms with van der Waals surface area (Å²) >= 11 is 5.82. The molecular weight excluding hydrogens is 290 g/mol. The van der Waals surface area contributed by atoms with Crippen LogP contribution in [0, 0.1) is 0 Å². The molecule has 2 rings (SSSR count). The van der Waals surface area contributed by atoms with Crippen LogP contribution in [0.1, 0.15) is 15.9 Å². The van der Waals surface area contributed by atoms with Crippen LogP contribution in [0.3, 0.4) is 0 Å². The smallest absolute Gasteiger partial charge is 0.337 e. The largest absolute Gasteiger partial charge is 0.478 e. The Morgan fingerprint density at radius 2 is 1.90 bits per heavy atom. The van der Waals surface area contributed by atoms with Crippen LogP contribution in [0.4, 0.5) is 5.69 Å². The standard InChI is InChI=1S/C16H16ClNO3/c17-12-6-7-15(14(9-12)16(20)21)18-13(10-19)8-11-4-2-1-3-5-11/h1-7,9,13,18-19H,8,10H2,(H,20,21). The molecule has 0 aromatic heterocycles. The van der Waals surface area contributed by atoms with Crippen LogP contribution in [0.15, 0.2) is 48.5 Å². The monoisotopic (exact) mass is 305 g/mol. The van der Waals surface area contributed by atoms with E-state index >= 15 is 0 Å². The van der Waals surface area contributed by atoms with Crippen molar-refractivity contribution in [3.8, 4) is 0 Å². The number of aromatic carboxylic acids is 1. The molecule has 1 unspecified atom stereocenters. The van der Waals surface area contributed by atoms with Gasteiger partial charge in [0.05, 0.1) is 18.2 Å². The van der Waals surface area contributed by atoms with E-state index in [1.54, 1.807) is 12.1 Å². The Kier molecular flexibility index (Phi) is 5.20. The molecule has 0 spiro atoms. The summed E-state index contributed by atoms with van der Waals surface area (Å²) in [7, 11) is 0. The minimum absolute atomic E-state index is 0.0917. The summed E-state index contributed by atoms with van der Waals surface area (Å²) in [5.74, 6) is -1.06. The number of rotatable bonds is 6. The van der Waals surface area contributed by atoms with Gasteiger partial charge in [0.25, 0.3) is 0 Å². The van der Waals surface area contributed by atoms with Crippen molar-refractivity contribution < 1.29 is 15.0 Å². The molecule has 0 aliphatic heterocycles. The van der Waals surface area contributed by atoms with Gasteiger partial charge in [-0.2, -0.15) is 0 Å². The second-order valence-electron chi connectivity index (χ2n) is 4.71. The van der Waals surface area contributed by atoms with Gasteiger partial charge >= 0.3 is 5.97 Å². The average Bonchev–Trinajstić information content (AvgIpc) is 2.49. The van der Waals surface area contributed by atoms with E-state index in [0.717, 1.165) is 5.56 Å². The minimum Gasteiger partial charge on any atom is -0.478 e. The number of aliphatic hydroxyl groups is 1. The first kappa shape index (κ1) is 15.4. The van der Waals surface area contributed by atoms with Gasteiger partial charge in [0, 0.05) is 10.7 Å². The zero-order valence-electron chi connectivity index (χ0n) is 11.3. The Morgan fingerprint density at radius 3 is 2.52 bits per heavy atom. The predicted molar refractivity (Wildman–Crippen MR) is 83.1 cm³/mol. The van der Waals surface area contributed by atoms with Crippen LogP contribution >= 0.6 is 11.6 Å².